The van der Waals surface area contributed by atoms with Gasteiger partial charge in [0.2, 0.25) is 0 Å². The predicted octanol–water partition coefficient (Wildman–Crippen LogP) is 4.13. The topological polar surface area (TPSA) is 58.6 Å². The highest BCUT2D eigenvalue weighted by Crippen LogP contribution is 2.23. The highest BCUT2D eigenvalue weighted by Gasteiger charge is 2.30. The SMILES string of the molecule is Cc1ccc(C(=O)N2CCCC2COc2ccc(C(=O)NC(C)C)cc2)cc1C. The lowest BCUT2D eigenvalue weighted by molar-refractivity contribution is 0.0691. The molecular weight excluding hydrogens is 364 g/mol. The summed E-state index contributed by atoms with van der Waals surface area (Å²) in [5, 5.41) is 2.87. The van der Waals surface area contributed by atoms with E-state index in [9.17, 15) is 9.59 Å². The van der Waals surface area contributed by atoms with E-state index in [-0.39, 0.29) is 23.9 Å². The van der Waals surface area contributed by atoms with Gasteiger partial charge >= 0.3 is 0 Å². The van der Waals surface area contributed by atoms with E-state index < -0.39 is 0 Å². The molecule has 0 aliphatic carbocycles. The first-order chi connectivity index (χ1) is 13.8. The molecule has 1 heterocycles. The van der Waals surface area contributed by atoms with Gasteiger partial charge in [-0.15, -0.1) is 0 Å². The van der Waals surface area contributed by atoms with Crippen molar-refractivity contribution in [2.24, 2.45) is 0 Å². The van der Waals surface area contributed by atoms with Crippen LogP contribution >= 0.6 is 0 Å². The van der Waals surface area contributed by atoms with Crippen LogP contribution in [0.1, 0.15) is 58.5 Å². The molecule has 154 valence electrons. The van der Waals surface area contributed by atoms with Crippen LogP contribution in [0.25, 0.3) is 0 Å². The molecule has 1 N–H and O–H groups in total. The largest absolute Gasteiger partial charge is 0.491 e. The van der Waals surface area contributed by atoms with Crippen LogP contribution in [0.2, 0.25) is 0 Å². The molecule has 3 rings (SSSR count). The minimum Gasteiger partial charge on any atom is -0.491 e. The van der Waals surface area contributed by atoms with Crippen LogP contribution in [-0.4, -0.2) is 41.9 Å². The van der Waals surface area contributed by atoms with Crippen molar-refractivity contribution in [2.45, 2.75) is 52.6 Å². The molecule has 0 saturated carbocycles. The second-order valence-electron chi connectivity index (χ2n) is 8.06. The molecule has 29 heavy (non-hydrogen) atoms. The van der Waals surface area contributed by atoms with Crippen LogP contribution in [0.3, 0.4) is 0 Å². The van der Waals surface area contributed by atoms with Gasteiger partial charge in [-0.25, -0.2) is 0 Å². The van der Waals surface area contributed by atoms with Gasteiger partial charge in [0.1, 0.15) is 12.4 Å². The molecule has 2 aromatic carbocycles. The van der Waals surface area contributed by atoms with E-state index in [2.05, 4.69) is 5.32 Å². The van der Waals surface area contributed by atoms with Gasteiger partial charge in [-0.2, -0.15) is 0 Å². The van der Waals surface area contributed by atoms with E-state index in [1.165, 1.54) is 5.56 Å². The fourth-order valence-corrected chi connectivity index (χ4v) is 3.56. The number of benzene rings is 2. The monoisotopic (exact) mass is 394 g/mol. The molecule has 1 aliphatic rings. The Bertz CT molecular complexity index is 874. The number of carbonyl (C=O) groups is 2. The summed E-state index contributed by atoms with van der Waals surface area (Å²) in [5.74, 6) is 0.684. The maximum atomic E-state index is 13.0. The summed E-state index contributed by atoms with van der Waals surface area (Å²) >= 11 is 0. The number of aryl methyl sites for hydroxylation is 2. The molecule has 0 radical (unpaired) electrons. The molecule has 1 atom stereocenters. The van der Waals surface area contributed by atoms with E-state index in [0.29, 0.717) is 17.9 Å². The van der Waals surface area contributed by atoms with Crippen LogP contribution in [0, 0.1) is 13.8 Å². The Labute approximate surface area is 173 Å². The fourth-order valence-electron chi connectivity index (χ4n) is 3.56. The number of carbonyl (C=O) groups excluding carboxylic acids is 2. The number of hydrogen-bond donors (Lipinski definition) is 1. The van der Waals surface area contributed by atoms with E-state index in [4.69, 9.17) is 4.74 Å². The standard InChI is InChI=1S/C24H30N2O3/c1-16(2)25-23(27)19-9-11-22(12-10-19)29-15-21-6-5-13-26(21)24(28)20-8-7-17(3)18(4)14-20/h7-12,14,16,21H,5-6,13,15H2,1-4H3,(H,25,27). The molecule has 0 spiro atoms. The van der Waals surface area contributed by atoms with Crippen molar-refractivity contribution >= 4 is 11.8 Å². The van der Waals surface area contributed by atoms with Crippen molar-refractivity contribution in [3.63, 3.8) is 0 Å². The van der Waals surface area contributed by atoms with Gasteiger partial charge in [0.25, 0.3) is 11.8 Å². The Morgan fingerprint density at radius 3 is 2.41 bits per heavy atom. The minimum absolute atomic E-state index is 0.0630. The zero-order valence-electron chi connectivity index (χ0n) is 17.7. The molecule has 0 bridgehead atoms. The zero-order chi connectivity index (χ0) is 21.0. The van der Waals surface area contributed by atoms with Crippen molar-refractivity contribution in [1.82, 2.24) is 10.2 Å². The summed E-state index contributed by atoms with van der Waals surface area (Å²) in [5.41, 5.74) is 3.66. The first-order valence-corrected chi connectivity index (χ1v) is 10.3. The number of rotatable bonds is 6. The molecule has 2 aromatic rings. The number of amides is 2. The summed E-state index contributed by atoms with van der Waals surface area (Å²) < 4.78 is 5.94. The smallest absolute Gasteiger partial charge is 0.254 e. The van der Waals surface area contributed by atoms with Gasteiger partial charge in [-0.05, 0) is 88.1 Å². The van der Waals surface area contributed by atoms with Crippen LogP contribution in [0.5, 0.6) is 5.75 Å². The summed E-state index contributed by atoms with van der Waals surface area (Å²) in [4.78, 5) is 26.9. The Hall–Kier alpha value is -2.82. The Balaban J connectivity index is 1.60. The zero-order valence-corrected chi connectivity index (χ0v) is 17.7. The molecular formula is C24H30N2O3. The quantitative estimate of drug-likeness (QED) is 0.802. The number of nitrogens with one attached hydrogen (secondary N) is 1. The summed E-state index contributed by atoms with van der Waals surface area (Å²) in [6.45, 7) is 9.15. The number of ether oxygens (including phenoxy) is 1. The van der Waals surface area contributed by atoms with Crippen LogP contribution < -0.4 is 10.1 Å². The van der Waals surface area contributed by atoms with Gasteiger partial charge in [0.05, 0.1) is 6.04 Å². The van der Waals surface area contributed by atoms with E-state index >= 15 is 0 Å². The second-order valence-corrected chi connectivity index (χ2v) is 8.06. The van der Waals surface area contributed by atoms with Gasteiger partial charge in [-0.1, -0.05) is 6.07 Å². The first kappa shape index (κ1) is 20.9. The molecule has 5 heteroatoms. The highest BCUT2D eigenvalue weighted by atomic mass is 16.5. The predicted molar refractivity (Wildman–Crippen MR) is 115 cm³/mol. The first-order valence-electron chi connectivity index (χ1n) is 10.3. The average Bonchev–Trinajstić information content (AvgIpc) is 3.16. The summed E-state index contributed by atoms with van der Waals surface area (Å²) in [6.07, 6.45) is 1.92. The lowest BCUT2D eigenvalue weighted by atomic mass is 10.1. The van der Waals surface area contributed by atoms with Crippen LogP contribution in [0.15, 0.2) is 42.5 Å². The molecule has 1 fully saturated rings. The van der Waals surface area contributed by atoms with Crippen molar-refractivity contribution in [1.29, 1.82) is 0 Å². The molecule has 1 saturated heterocycles. The lowest BCUT2D eigenvalue weighted by Crippen LogP contribution is -2.39. The fraction of sp³-hybridized carbons (Fsp3) is 0.417. The third-order valence-corrected chi connectivity index (χ3v) is 5.37. The van der Waals surface area contributed by atoms with E-state index in [1.807, 2.05) is 50.8 Å². The Morgan fingerprint density at radius 1 is 1.07 bits per heavy atom. The Kier molecular flexibility index (Phi) is 6.57. The number of likely N-dealkylation sites (tertiary alicyclic amines) is 1. The van der Waals surface area contributed by atoms with Crippen LogP contribution in [-0.2, 0) is 0 Å². The van der Waals surface area contributed by atoms with Crippen molar-refractivity contribution < 1.29 is 14.3 Å². The van der Waals surface area contributed by atoms with Gasteiger partial charge in [-0.3, -0.25) is 9.59 Å². The highest BCUT2D eigenvalue weighted by molar-refractivity contribution is 5.95. The van der Waals surface area contributed by atoms with Gasteiger partial charge < -0.3 is 15.0 Å². The third-order valence-electron chi connectivity index (χ3n) is 5.37. The molecule has 1 aliphatic heterocycles. The maximum absolute atomic E-state index is 13.0. The summed E-state index contributed by atoms with van der Waals surface area (Å²) in [7, 11) is 0. The van der Waals surface area contributed by atoms with Crippen molar-refractivity contribution in [3.8, 4) is 5.75 Å². The maximum Gasteiger partial charge on any atom is 0.254 e. The van der Waals surface area contributed by atoms with Crippen LogP contribution in [0.4, 0.5) is 0 Å². The van der Waals surface area contributed by atoms with Gasteiger partial charge in [0.15, 0.2) is 0 Å². The lowest BCUT2D eigenvalue weighted by Gasteiger charge is -2.25. The summed E-state index contributed by atoms with van der Waals surface area (Å²) in [6, 6.07) is 13.2. The van der Waals surface area contributed by atoms with Crippen molar-refractivity contribution in [3.05, 3.63) is 64.7 Å². The van der Waals surface area contributed by atoms with E-state index in [1.54, 1.807) is 24.3 Å². The average molecular weight is 395 g/mol. The third kappa shape index (κ3) is 5.17. The second kappa shape index (κ2) is 9.12. The van der Waals surface area contributed by atoms with E-state index in [0.717, 1.165) is 30.5 Å². The molecule has 0 aromatic heterocycles. The normalized spacial score (nSPS) is 16.2. The molecule has 1 unspecified atom stereocenters. The molecule has 5 nitrogen and oxygen atoms in total. The Morgan fingerprint density at radius 2 is 1.76 bits per heavy atom. The van der Waals surface area contributed by atoms with Gasteiger partial charge in [0, 0.05) is 23.7 Å². The molecule has 2 amide bonds. The minimum atomic E-state index is -0.0903. The number of nitrogens with zero attached hydrogens (tertiary/aromatic N) is 1. The van der Waals surface area contributed by atoms with Crippen molar-refractivity contribution in [2.75, 3.05) is 13.2 Å². The number of hydrogen-bond acceptors (Lipinski definition) is 3.